The lowest BCUT2D eigenvalue weighted by Crippen LogP contribution is -2.55. The molecule has 0 spiro atoms. The van der Waals surface area contributed by atoms with E-state index in [2.05, 4.69) is 20.6 Å². The zero-order valence-electron chi connectivity index (χ0n) is 13.4. The maximum absolute atomic E-state index is 12.4. The lowest BCUT2D eigenvalue weighted by atomic mass is 9.81. The first kappa shape index (κ1) is 16.1. The van der Waals surface area contributed by atoms with Crippen molar-refractivity contribution in [1.82, 2.24) is 15.3 Å². The van der Waals surface area contributed by atoms with E-state index in [4.69, 9.17) is 9.47 Å². The van der Waals surface area contributed by atoms with Crippen LogP contribution in [0.5, 0.6) is 0 Å². The number of nitrogens with zero attached hydrogens (tertiary/aromatic N) is 2. The molecule has 1 saturated carbocycles. The van der Waals surface area contributed by atoms with E-state index in [0.717, 1.165) is 25.1 Å². The van der Waals surface area contributed by atoms with Gasteiger partial charge in [0.2, 0.25) is 5.91 Å². The first-order chi connectivity index (χ1) is 11.3. The summed E-state index contributed by atoms with van der Waals surface area (Å²) >= 11 is 0. The number of ether oxygens (including phenoxy) is 2. The summed E-state index contributed by atoms with van der Waals surface area (Å²) in [6.45, 7) is 3.92. The van der Waals surface area contributed by atoms with E-state index in [-0.39, 0.29) is 30.0 Å². The quantitative estimate of drug-likeness (QED) is 0.813. The molecular weight excluding hydrogens is 296 g/mol. The van der Waals surface area contributed by atoms with Crippen LogP contribution in [0.1, 0.15) is 26.2 Å². The maximum Gasteiger partial charge on any atom is 0.223 e. The van der Waals surface area contributed by atoms with Crippen LogP contribution in [-0.4, -0.2) is 53.9 Å². The third-order valence-electron chi connectivity index (χ3n) is 4.47. The number of nitrogens with one attached hydrogen (secondary N) is 2. The minimum absolute atomic E-state index is 0.0189. The molecule has 1 amide bonds. The van der Waals surface area contributed by atoms with Gasteiger partial charge in [-0.2, -0.15) is 0 Å². The molecule has 1 aliphatic heterocycles. The summed E-state index contributed by atoms with van der Waals surface area (Å²) in [5, 5.41) is 6.50. The predicted molar refractivity (Wildman–Crippen MR) is 84.9 cm³/mol. The van der Waals surface area contributed by atoms with Gasteiger partial charge in [-0.25, -0.2) is 9.97 Å². The van der Waals surface area contributed by atoms with Crippen molar-refractivity contribution in [2.75, 3.05) is 25.1 Å². The van der Waals surface area contributed by atoms with E-state index in [1.165, 1.54) is 6.33 Å². The van der Waals surface area contributed by atoms with Gasteiger partial charge >= 0.3 is 0 Å². The average Bonchev–Trinajstić information content (AvgIpc) is 2.53. The maximum atomic E-state index is 12.4. The fourth-order valence-corrected chi connectivity index (χ4v) is 3.07. The van der Waals surface area contributed by atoms with Crippen molar-refractivity contribution in [3.63, 3.8) is 0 Å². The van der Waals surface area contributed by atoms with E-state index in [1.54, 1.807) is 6.20 Å². The van der Waals surface area contributed by atoms with Crippen LogP contribution >= 0.6 is 0 Å². The molecule has 23 heavy (non-hydrogen) atoms. The largest absolute Gasteiger partial charge is 0.379 e. The second-order valence-corrected chi connectivity index (χ2v) is 6.07. The highest BCUT2D eigenvalue weighted by Crippen LogP contribution is 2.30. The number of carbonyl (C=O) groups is 1. The molecule has 126 valence electrons. The van der Waals surface area contributed by atoms with Crippen LogP contribution in [0, 0.1) is 5.92 Å². The molecule has 7 heteroatoms. The van der Waals surface area contributed by atoms with E-state index in [9.17, 15) is 4.79 Å². The Balaban J connectivity index is 1.51. The van der Waals surface area contributed by atoms with E-state index in [1.807, 2.05) is 13.0 Å². The molecule has 3 rings (SSSR count). The minimum Gasteiger partial charge on any atom is -0.379 e. The van der Waals surface area contributed by atoms with Gasteiger partial charge in [0, 0.05) is 25.3 Å². The summed E-state index contributed by atoms with van der Waals surface area (Å²) in [5.74, 6) is 0.950. The van der Waals surface area contributed by atoms with Crippen LogP contribution in [0.2, 0.25) is 0 Å². The molecule has 2 heterocycles. The van der Waals surface area contributed by atoms with Gasteiger partial charge in [0.25, 0.3) is 0 Å². The molecule has 1 aliphatic carbocycles. The Labute approximate surface area is 136 Å². The summed E-state index contributed by atoms with van der Waals surface area (Å²) in [6, 6.07) is 1.88. The van der Waals surface area contributed by atoms with Gasteiger partial charge in [0.1, 0.15) is 12.1 Å². The molecule has 0 bridgehead atoms. The Kier molecular flexibility index (Phi) is 5.40. The summed E-state index contributed by atoms with van der Waals surface area (Å²) in [6.07, 6.45) is 5.90. The fraction of sp³-hybridized carbons (Fsp3) is 0.688. The second-order valence-electron chi connectivity index (χ2n) is 6.07. The van der Waals surface area contributed by atoms with Gasteiger partial charge in [0.15, 0.2) is 0 Å². The topological polar surface area (TPSA) is 85.4 Å². The summed E-state index contributed by atoms with van der Waals surface area (Å²) < 4.78 is 11.1. The predicted octanol–water partition coefficient (Wildman–Crippen LogP) is 0.977. The SMILES string of the molecule is CCOC1CC(C(=O)N[C@H]2CCOC[C@H]2Nc2ccncn2)C1. The molecule has 2 N–H and O–H groups in total. The molecule has 1 aromatic rings. The van der Waals surface area contributed by atoms with E-state index < -0.39 is 0 Å². The normalized spacial score (nSPS) is 30.3. The molecule has 7 nitrogen and oxygen atoms in total. The molecular formula is C16H24N4O3. The molecule has 1 saturated heterocycles. The Bertz CT molecular complexity index is 507. The Morgan fingerprint density at radius 3 is 3.04 bits per heavy atom. The van der Waals surface area contributed by atoms with Crippen molar-refractivity contribution in [2.45, 2.75) is 44.4 Å². The summed E-state index contributed by atoms with van der Waals surface area (Å²) in [7, 11) is 0. The fourth-order valence-electron chi connectivity index (χ4n) is 3.07. The van der Waals surface area contributed by atoms with Crippen molar-refractivity contribution in [2.24, 2.45) is 5.92 Å². The number of aromatic nitrogens is 2. The Hall–Kier alpha value is -1.73. The summed E-state index contributed by atoms with van der Waals surface area (Å²) in [5.41, 5.74) is 0. The van der Waals surface area contributed by atoms with Crippen LogP contribution in [0.4, 0.5) is 5.82 Å². The third kappa shape index (κ3) is 4.17. The monoisotopic (exact) mass is 320 g/mol. The van der Waals surface area contributed by atoms with Crippen molar-refractivity contribution >= 4 is 11.7 Å². The second kappa shape index (κ2) is 7.70. The molecule has 2 atom stereocenters. The first-order valence-electron chi connectivity index (χ1n) is 8.28. The molecule has 2 aliphatic rings. The Morgan fingerprint density at radius 1 is 1.43 bits per heavy atom. The van der Waals surface area contributed by atoms with Crippen LogP contribution in [-0.2, 0) is 14.3 Å². The van der Waals surface area contributed by atoms with Gasteiger partial charge in [-0.1, -0.05) is 0 Å². The third-order valence-corrected chi connectivity index (χ3v) is 4.47. The van der Waals surface area contributed by atoms with Gasteiger partial charge in [-0.15, -0.1) is 0 Å². The molecule has 0 unspecified atom stereocenters. The Morgan fingerprint density at radius 2 is 2.30 bits per heavy atom. The zero-order chi connectivity index (χ0) is 16.1. The van der Waals surface area contributed by atoms with Gasteiger partial charge < -0.3 is 20.1 Å². The van der Waals surface area contributed by atoms with Crippen LogP contribution in [0.15, 0.2) is 18.6 Å². The van der Waals surface area contributed by atoms with E-state index in [0.29, 0.717) is 19.8 Å². The van der Waals surface area contributed by atoms with Crippen LogP contribution in [0.25, 0.3) is 0 Å². The average molecular weight is 320 g/mol. The number of rotatable bonds is 6. The lowest BCUT2D eigenvalue weighted by Gasteiger charge is -2.37. The molecule has 0 radical (unpaired) electrons. The number of anilines is 1. The minimum atomic E-state index is 0.0189. The smallest absolute Gasteiger partial charge is 0.223 e. The van der Waals surface area contributed by atoms with Crippen LogP contribution < -0.4 is 10.6 Å². The molecule has 0 aromatic carbocycles. The molecule has 1 aromatic heterocycles. The number of hydrogen-bond donors (Lipinski definition) is 2. The highest BCUT2D eigenvalue weighted by atomic mass is 16.5. The highest BCUT2D eigenvalue weighted by Gasteiger charge is 2.37. The highest BCUT2D eigenvalue weighted by molar-refractivity contribution is 5.80. The lowest BCUT2D eigenvalue weighted by molar-refractivity contribution is -0.135. The number of carbonyl (C=O) groups excluding carboxylic acids is 1. The standard InChI is InChI=1S/C16H24N4O3/c1-2-23-12-7-11(8-12)16(21)20-13-4-6-22-9-14(13)19-15-3-5-17-10-18-15/h3,5,10-14H,2,4,6-9H2,1H3,(H,20,21)(H,17,18,19)/t11?,12?,13-,14+/m0/s1. The number of hydrogen-bond acceptors (Lipinski definition) is 6. The number of amides is 1. The van der Waals surface area contributed by atoms with Gasteiger partial charge in [-0.3, -0.25) is 4.79 Å². The van der Waals surface area contributed by atoms with Crippen molar-refractivity contribution in [1.29, 1.82) is 0 Å². The first-order valence-corrected chi connectivity index (χ1v) is 8.28. The van der Waals surface area contributed by atoms with Gasteiger partial charge in [0.05, 0.1) is 24.8 Å². The van der Waals surface area contributed by atoms with E-state index >= 15 is 0 Å². The van der Waals surface area contributed by atoms with Gasteiger partial charge in [-0.05, 0) is 32.3 Å². The zero-order valence-corrected chi connectivity index (χ0v) is 13.4. The van der Waals surface area contributed by atoms with Crippen molar-refractivity contribution < 1.29 is 14.3 Å². The van der Waals surface area contributed by atoms with Crippen molar-refractivity contribution in [3.05, 3.63) is 18.6 Å². The van der Waals surface area contributed by atoms with Crippen LogP contribution in [0.3, 0.4) is 0 Å². The van der Waals surface area contributed by atoms with Crippen molar-refractivity contribution in [3.8, 4) is 0 Å². The summed E-state index contributed by atoms with van der Waals surface area (Å²) in [4.78, 5) is 20.5. The molecule has 2 fully saturated rings.